The average Bonchev–Trinajstić information content (AvgIpc) is 3.15. The number of amides is 1. The maximum atomic E-state index is 13.3. The third-order valence-electron chi connectivity index (χ3n) is 5.07. The number of likely N-dealkylation sites (tertiary alicyclic amines) is 1. The summed E-state index contributed by atoms with van der Waals surface area (Å²) in [5.41, 5.74) is 2.10. The molecule has 1 amide bonds. The molecule has 2 aromatic carbocycles. The number of carbonyl (C=O) groups excluding carboxylic acids is 1. The van der Waals surface area contributed by atoms with E-state index in [4.69, 9.17) is 0 Å². The largest absolute Gasteiger partial charge is 0.300 e. The first kappa shape index (κ1) is 19.7. The predicted molar refractivity (Wildman–Crippen MR) is 112 cm³/mol. The van der Waals surface area contributed by atoms with E-state index in [9.17, 15) is 9.18 Å². The van der Waals surface area contributed by atoms with Gasteiger partial charge in [-0.1, -0.05) is 53.8 Å². The van der Waals surface area contributed by atoms with Crippen LogP contribution in [0.25, 0.3) is 0 Å². The highest BCUT2D eigenvalue weighted by Gasteiger charge is 2.26. The van der Waals surface area contributed by atoms with Crippen molar-refractivity contribution in [2.24, 2.45) is 5.92 Å². The number of rotatable bonds is 6. The molecular weight excluding hydrogens is 387 g/mol. The number of piperidine rings is 1. The standard InChI is InChI=1S/C22H23FN4OS/c23-19-10-4-8-17(12-19)13-20-25-26-22(29-20)24-21(28)18-9-5-11-27(15-18)14-16-6-2-1-3-7-16/h1-4,6-8,10,12,18H,5,9,11,13-15H2,(H,24,26,28). The zero-order valence-corrected chi connectivity index (χ0v) is 16.9. The summed E-state index contributed by atoms with van der Waals surface area (Å²) < 4.78 is 13.3. The Labute approximate surface area is 173 Å². The minimum absolute atomic E-state index is 0.00350. The average molecular weight is 411 g/mol. The lowest BCUT2D eigenvalue weighted by Crippen LogP contribution is -2.40. The smallest absolute Gasteiger partial charge is 0.230 e. The lowest BCUT2D eigenvalue weighted by atomic mass is 9.97. The number of benzene rings is 2. The number of nitrogens with zero attached hydrogens (tertiary/aromatic N) is 3. The van der Waals surface area contributed by atoms with Gasteiger partial charge in [0.1, 0.15) is 10.8 Å². The van der Waals surface area contributed by atoms with Gasteiger partial charge in [0.15, 0.2) is 0 Å². The third-order valence-corrected chi connectivity index (χ3v) is 5.91. The fourth-order valence-corrected chi connectivity index (χ4v) is 4.44. The van der Waals surface area contributed by atoms with Crippen LogP contribution in [0, 0.1) is 11.7 Å². The van der Waals surface area contributed by atoms with Gasteiger partial charge < -0.3 is 5.32 Å². The Balaban J connectivity index is 1.32. The Morgan fingerprint density at radius 1 is 1.14 bits per heavy atom. The number of hydrogen-bond acceptors (Lipinski definition) is 5. The van der Waals surface area contributed by atoms with Crippen LogP contribution in [0.5, 0.6) is 0 Å². The third kappa shape index (κ3) is 5.46. The van der Waals surface area contributed by atoms with E-state index >= 15 is 0 Å². The van der Waals surface area contributed by atoms with Gasteiger partial charge in [-0.2, -0.15) is 0 Å². The molecule has 0 saturated carbocycles. The van der Waals surface area contributed by atoms with Gasteiger partial charge in [0.25, 0.3) is 0 Å². The fraction of sp³-hybridized carbons (Fsp3) is 0.318. The molecule has 1 atom stereocenters. The first-order valence-electron chi connectivity index (χ1n) is 9.80. The molecule has 150 valence electrons. The molecule has 1 saturated heterocycles. The minimum atomic E-state index is -0.266. The monoisotopic (exact) mass is 410 g/mol. The summed E-state index contributed by atoms with van der Waals surface area (Å²) in [6.45, 7) is 2.62. The first-order chi connectivity index (χ1) is 14.2. The number of aromatic nitrogens is 2. The summed E-state index contributed by atoms with van der Waals surface area (Å²) in [6, 6.07) is 16.8. The van der Waals surface area contributed by atoms with Crippen molar-refractivity contribution in [1.29, 1.82) is 0 Å². The molecule has 1 aromatic heterocycles. The molecule has 0 radical (unpaired) electrons. The second-order valence-corrected chi connectivity index (χ2v) is 8.42. The molecule has 1 aliphatic rings. The molecular formula is C22H23FN4OS. The summed E-state index contributed by atoms with van der Waals surface area (Å²) >= 11 is 1.34. The van der Waals surface area contributed by atoms with Gasteiger partial charge >= 0.3 is 0 Å². The van der Waals surface area contributed by atoms with Crippen molar-refractivity contribution >= 4 is 22.4 Å². The van der Waals surface area contributed by atoms with E-state index < -0.39 is 0 Å². The fourth-order valence-electron chi connectivity index (χ4n) is 3.66. The van der Waals surface area contributed by atoms with E-state index in [1.54, 1.807) is 6.07 Å². The van der Waals surface area contributed by atoms with Crippen molar-refractivity contribution in [3.8, 4) is 0 Å². The summed E-state index contributed by atoms with van der Waals surface area (Å²) in [5, 5.41) is 12.4. The molecule has 1 fully saturated rings. The van der Waals surface area contributed by atoms with Crippen LogP contribution in [0.3, 0.4) is 0 Å². The lowest BCUT2D eigenvalue weighted by Gasteiger charge is -2.31. The Bertz CT molecular complexity index is 962. The van der Waals surface area contributed by atoms with E-state index in [0.717, 1.165) is 43.0 Å². The normalized spacial score (nSPS) is 17.2. The summed E-state index contributed by atoms with van der Waals surface area (Å²) in [6.07, 6.45) is 2.39. The highest BCUT2D eigenvalue weighted by Crippen LogP contribution is 2.23. The Hall–Kier alpha value is -2.64. The molecule has 1 N–H and O–H groups in total. The van der Waals surface area contributed by atoms with Crippen LogP contribution in [-0.2, 0) is 17.8 Å². The highest BCUT2D eigenvalue weighted by atomic mass is 32.1. The minimum Gasteiger partial charge on any atom is -0.300 e. The molecule has 29 heavy (non-hydrogen) atoms. The quantitative estimate of drug-likeness (QED) is 0.664. The molecule has 0 bridgehead atoms. The van der Waals surface area contributed by atoms with E-state index in [-0.39, 0.29) is 17.6 Å². The SMILES string of the molecule is O=C(Nc1nnc(Cc2cccc(F)c2)s1)C1CCCN(Cc2ccccc2)C1. The van der Waals surface area contributed by atoms with E-state index in [0.29, 0.717) is 11.6 Å². The zero-order valence-electron chi connectivity index (χ0n) is 16.1. The van der Waals surface area contributed by atoms with Crippen LogP contribution in [0.1, 0.15) is 29.0 Å². The molecule has 0 spiro atoms. The molecule has 4 rings (SSSR count). The topological polar surface area (TPSA) is 58.1 Å². The van der Waals surface area contributed by atoms with Crippen molar-refractivity contribution in [3.63, 3.8) is 0 Å². The molecule has 1 aliphatic heterocycles. The van der Waals surface area contributed by atoms with Crippen molar-refractivity contribution in [2.45, 2.75) is 25.8 Å². The van der Waals surface area contributed by atoms with Gasteiger partial charge in [-0.05, 0) is 42.6 Å². The molecule has 7 heteroatoms. The summed E-state index contributed by atoms with van der Waals surface area (Å²) in [5.74, 6) is -0.322. The van der Waals surface area contributed by atoms with Crippen LogP contribution < -0.4 is 5.32 Å². The number of nitrogens with one attached hydrogen (secondary N) is 1. The summed E-state index contributed by atoms with van der Waals surface area (Å²) in [4.78, 5) is 15.1. The number of anilines is 1. The van der Waals surface area contributed by atoms with Gasteiger partial charge in [-0.15, -0.1) is 10.2 Å². The molecule has 5 nitrogen and oxygen atoms in total. The number of halogens is 1. The van der Waals surface area contributed by atoms with Crippen LogP contribution in [-0.4, -0.2) is 34.1 Å². The van der Waals surface area contributed by atoms with E-state index in [2.05, 4.69) is 32.5 Å². The molecule has 2 heterocycles. The molecule has 1 unspecified atom stereocenters. The lowest BCUT2D eigenvalue weighted by molar-refractivity contribution is -0.121. The van der Waals surface area contributed by atoms with Crippen LogP contribution in [0.15, 0.2) is 54.6 Å². The highest BCUT2D eigenvalue weighted by molar-refractivity contribution is 7.15. The zero-order chi connectivity index (χ0) is 20.1. The van der Waals surface area contributed by atoms with Crippen LogP contribution >= 0.6 is 11.3 Å². The maximum absolute atomic E-state index is 13.3. The second-order valence-electron chi connectivity index (χ2n) is 7.36. The number of hydrogen-bond donors (Lipinski definition) is 1. The Morgan fingerprint density at radius 2 is 1.97 bits per heavy atom. The van der Waals surface area contributed by atoms with Crippen molar-refractivity contribution in [2.75, 3.05) is 18.4 Å². The number of carbonyl (C=O) groups is 1. The first-order valence-corrected chi connectivity index (χ1v) is 10.6. The Morgan fingerprint density at radius 3 is 2.79 bits per heavy atom. The van der Waals surface area contributed by atoms with Gasteiger partial charge in [0.05, 0.1) is 5.92 Å². The molecule has 0 aliphatic carbocycles. The van der Waals surface area contributed by atoms with Crippen molar-refractivity contribution in [1.82, 2.24) is 15.1 Å². The predicted octanol–water partition coefficient (Wildman–Crippen LogP) is 4.12. The van der Waals surface area contributed by atoms with Crippen LogP contribution in [0.2, 0.25) is 0 Å². The van der Waals surface area contributed by atoms with E-state index in [1.165, 1.54) is 29.0 Å². The van der Waals surface area contributed by atoms with Gasteiger partial charge in [0.2, 0.25) is 11.0 Å². The van der Waals surface area contributed by atoms with Crippen LogP contribution in [0.4, 0.5) is 9.52 Å². The van der Waals surface area contributed by atoms with E-state index in [1.807, 2.05) is 24.3 Å². The van der Waals surface area contributed by atoms with Gasteiger partial charge in [-0.3, -0.25) is 9.69 Å². The van der Waals surface area contributed by atoms with Crippen molar-refractivity contribution < 1.29 is 9.18 Å². The Kier molecular flexibility index (Phi) is 6.27. The van der Waals surface area contributed by atoms with Gasteiger partial charge in [0, 0.05) is 19.5 Å². The second kappa shape index (κ2) is 9.24. The maximum Gasteiger partial charge on any atom is 0.230 e. The van der Waals surface area contributed by atoms with Gasteiger partial charge in [-0.25, -0.2) is 4.39 Å². The summed E-state index contributed by atoms with van der Waals surface area (Å²) in [7, 11) is 0. The van der Waals surface area contributed by atoms with Crippen molar-refractivity contribution in [3.05, 3.63) is 76.5 Å². The molecule has 3 aromatic rings.